The number of hydrogen-bond acceptors (Lipinski definition) is 1. The average Bonchev–Trinajstić information content (AvgIpc) is 2.68. The van der Waals surface area contributed by atoms with E-state index in [1.54, 1.807) is 0 Å². The Bertz CT molecular complexity index is 457. The fourth-order valence-corrected chi connectivity index (χ4v) is 2.57. The van der Waals surface area contributed by atoms with Gasteiger partial charge in [0.05, 0.1) is 0 Å². The summed E-state index contributed by atoms with van der Waals surface area (Å²) in [6.45, 7) is 2.64. The molecule has 0 aliphatic heterocycles. The Hall–Kier alpha value is -1.03. The summed E-state index contributed by atoms with van der Waals surface area (Å²) in [4.78, 5) is 0. The van der Waals surface area contributed by atoms with Crippen LogP contribution in [0.3, 0.4) is 0 Å². The minimum absolute atomic E-state index is 0.112. The first-order chi connectivity index (χ1) is 8.24. The summed E-state index contributed by atoms with van der Waals surface area (Å²) in [6.07, 6.45) is 3.00. The van der Waals surface area contributed by atoms with Crippen molar-refractivity contribution in [1.82, 2.24) is 0 Å². The highest BCUT2D eigenvalue weighted by atomic mass is 19.2. The van der Waals surface area contributed by atoms with Crippen LogP contribution in [0.2, 0.25) is 0 Å². The molecule has 1 fully saturated rings. The lowest BCUT2D eigenvalue weighted by molar-refractivity contribution is 0.219. The molecule has 0 unspecified atom stereocenters. The van der Waals surface area contributed by atoms with Gasteiger partial charge in [-0.15, -0.1) is 0 Å². The molecule has 1 saturated carbocycles. The van der Waals surface area contributed by atoms with Crippen LogP contribution in [0.4, 0.5) is 13.2 Å². The number of halogens is 3. The van der Waals surface area contributed by atoms with Gasteiger partial charge in [-0.1, -0.05) is 12.8 Å². The van der Waals surface area contributed by atoms with Crippen LogP contribution in [0.25, 0.3) is 0 Å². The molecular formula is C14H18F3N. The lowest BCUT2D eigenvalue weighted by Gasteiger charge is -2.27. The van der Waals surface area contributed by atoms with Crippen molar-refractivity contribution in [2.45, 2.75) is 50.7 Å². The molecule has 0 amide bonds. The Kier molecular flexibility index (Phi) is 3.18. The zero-order valence-electron chi connectivity index (χ0n) is 10.7. The molecule has 18 heavy (non-hydrogen) atoms. The van der Waals surface area contributed by atoms with E-state index in [1.807, 2.05) is 0 Å². The van der Waals surface area contributed by atoms with Crippen LogP contribution in [-0.2, 0) is 11.2 Å². The second-order valence-electron chi connectivity index (χ2n) is 5.66. The summed E-state index contributed by atoms with van der Waals surface area (Å²) in [6, 6.07) is 2.29. The van der Waals surface area contributed by atoms with E-state index in [1.165, 1.54) is 19.9 Å². The van der Waals surface area contributed by atoms with Crippen LogP contribution >= 0.6 is 0 Å². The van der Waals surface area contributed by atoms with E-state index in [4.69, 9.17) is 5.73 Å². The van der Waals surface area contributed by atoms with Gasteiger partial charge in [0.25, 0.3) is 0 Å². The van der Waals surface area contributed by atoms with Crippen molar-refractivity contribution in [2.75, 3.05) is 0 Å². The van der Waals surface area contributed by atoms with Gasteiger partial charge in [0.1, 0.15) is 5.67 Å². The van der Waals surface area contributed by atoms with Gasteiger partial charge in [-0.05, 0) is 44.4 Å². The lowest BCUT2D eigenvalue weighted by atomic mass is 9.85. The van der Waals surface area contributed by atoms with Crippen molar-refractivity contribution < 1.29 is 13.2 Å². The van der Waals surface area contributed by atoms with Crippen LogP contribution < -0.4 is 5.73 Å². The largest absolute Gasteiger partial charge is 0.321 e. The summed E-state index contributed by atoms with van der Waals surface area (Å²) in [5.41, 5.74) is 3.81. The molecule has 1 aliphatic rings. The predicted molar refractivity (Wildman–Crippen MR) is 64.8 cm³/mol. The fraction of sp³-hybridized carbons (Fsp3) is 0.571. The van der Waals surface area contributed by atoms with E-state index in [0.717, 1.165) is 18.9 Å². The van der Waals surface area contributed by atoms with Gasteiger partial charge < -0.3 is 5.73 Å². The zero-order chi connectivity index (χ0) is 13.6. The molecule has 0 atom stereocenters. The van der Waals surface area contributed by atoms with E-state index in [-0.39, 0.29) is 11.1 Å². The van der Waals surface area contributed by atoms with Gasteiger partial charge in [0.2, 0.25) is 0 Å². The van der Waals surface area contributed by atoms with Gasteiger partial charge in [-0.3, -0.25) is 0 Å². The topological polar surface area (TPSA) is 26.0 Å². The molecule has 2 rings (SSSR count). The fourth-order valence-electron chi connectivity index (χ4n) is 2.57. The van der Waals surface area contributed by atoms with Gasteiger partial charge in [-0.2, -0.15) is 0 Å². The minimum Gasteiger partial charge on any atom is -0.321 e. The van der Waals surface area contributed by atoms with Gasteiger partial charge in [-0.25, -0.2) is 13.2 Å². The molecule has 1 aromatic rings. The highest BCUT2D eigenvalue weighted by molar-refractivity contribution is 5.35. The van der Waals surface area contributed by atoms with Crippen LogP contribution in [-0.4, -0.2) is 0 Å². The van der Waals surface area contributed by atoms with Crippen molar-refractivity contribution in [3.8, 4) is 0 Å². The smallest absolute Gasteiger partial charge is 0.163 e. The standard InChI is InChI=1S/C14H18F3N/c1-13(2,17)9-7-10(12(16)11(15)8-9)14(18)5-3-4-6-14/h7-8H,3-6,18H2,1-2H3. The van der Waals surface area contributed by atoms with Crippen molar-refractivity contribution in [3.63, 3.8) is 0 Å². The van der Waals surface area contributed by atoms with Gasteiger partial charge >= 0.3 is 0 Å². The van der Waals surface area contributed by atoms with Crippen molar-refractivity contribution >= 4 is 0 Å². The van der Waals surface area contributed by atoms with Crippen LogP contribution in [0.15, 0.2) is 12.1 Å². The van der Waals surface area contributed by atoms with Gasteiger partial charge in [0, 0.05) is 11.1 Å². The number of nitrogens with two attached hydrogens (primary N) is 1. The van der Waals surface area contributed by atoms with Gasteiger partial charge in [0.15, 0.2) is 11.6 Å². The summed E-state index contributed by atoms with van der Waals surface area (Å²) in [5.74, 6) is -1.96. The predicted octanol–water partition coefficient (Wildman–Crippen LogP) is 3.90. The van der Waals surface area contributed by atoms with Crippen LogP contribution in [0, 0.1) is 11.6 Å². The Morgan fingerprint density at radius 3 is 2.22 bits per heavy atom. The Morgan fingerprint density at radius 2 is 1.72 bits per heavy atom. The maximum Gasteiger partial charge on any atom is 0.163 e. The second kappa shape index (κ2) is 4.26. The molecule has 1 nitrogen and oxygen atoms in total. The number of alkyl halides is 1. The SMILES string of the molecule is CC(C)(F)c1cc(F)c(F)c(C2(N)CCCC2)c1. The van der Waals surface area contributed by atoms with Crippen molar-refractivity contribution in [1.29, 1.82) is 0 Å². The highest BCUT2D eigenvalue weighted by Gasteiger charge is 2.36. The second-order valence-corrected chi connectivity index (χ2v) is 5.66. The van der Waals surface area contributed by atoms with Crippen LogP contribution in [0.5, 0.6) is 0 Å². The normalized spacial score (nSPS) is 19.2. The van der Waals surface area contributed by atoms with E-state index in [0.29, 0.717) is 12.8 Å². The third-order valence-corrected chi connectivity index (χ3v) is 3.75. The summed E-state index contributed by atoms with van der Waals surface area (Å²) >= 11 is 0. The molecule has 0 saturated heterocycles. The molecule has 100 valence electrons. The maximum absolute atomic E-state index is 13.9. The van der Waals surface area contributed by atoms with Crippen molar-refractivity contribution in [3.05, 3.63) is 34.9 Å². The quantitative estimate of drug-likeness (QED) is 0.854. The monoisotopic (exact) mass is 257 g/mol. The first-order valence-corrected chi connectivity index (χ1v) is 6.22. The molecule has 0 bridgehead atoms. The first kappa shape index (κ1) is 13.4. The molecule has 1 aromatic carbocycles. The minimum atomic E-state index is -1.71. The molecule has 0 radical (unpaired) electrons. The van der Waals surface area contributed by atoms with E-state index < -0.39 is 22.8 Å². The molecule has 0 heterocycles. The number of hydrogen-bond donors (Lipinski definition) is 1. The molecule has 1 aliphatic carbocycles. The number of benzene rings is 1. The molecular weight excluding hydrogens is 239 g/mol. The molecule has 0 aromatic heterocycles. The zero-order valence-corrected chi connectivity index (χ0v) is 10.7. The van der Waals surface area contributed by atoms with E-state index in [9.17, 15) is 13.2 Å². The first-order valence-electron chi connectivity index (χ1n) is 6.22. The molecule has 4 heteroatoms. The molecule has 0 spiro atoms. The highest BCUT2D eigenvalue weighted by Crippen LogP contribution is 2.40. The molecule has 2 N–H and O–H groups in total. The Morgan fingerprint density at radius 1 is 1.17 bits per heavy atom. The van der Waals surface area contributed by atoms with E-state index >= 15 is 0 Å². The van der Waals surface area contributed by atoms with Crippen molar-refractivity contribution in [2.24, 2.45) is 5.73 Å². The third kappa shape index (κ3) is 2.26. The summed E-state index contributed by atoms with van der Waals surface area (Å²) in [5, 5.41) is 0. The maximum atomic E-state index is 13.9. The Labute approximate surface area is 105 Å². The summed E-state index contributed by atoms with van der Waals surface area (Å²) < 4.78 is 41.4. The number of rotatable bonds is 2. The Balaban J connectivity index is 2.56. The van der Waals surface area contributed by atoms with E-state index in [2.05, 4.69) is 0 Å². The third-order valence-electron chi connectivity index (χ3n) is 3.75. The van der Waals surface area contributed by atoms with Crippen LogP contribution in [0.1, 0.15) is 50.7 Å². The lowest BCUT2D eigenvalue weighted by Crippen LogP contribution is -2.35. The average molecular weight is 257 g/mol. The summed E-state index contributed by atoms with van der Waals surface area (Å²) in [7, 11) is 0.